The van der Waals surface area contributed by atoms with Crippen molar-refractivity contribution in [3.05, 3.63) is 64.7 Å². The Labute approximate surface area is 132 Å². The van der Waals surface area contributed by atoms with Gasteiger partial charge >= 0.3 is 5.97 Å². The van der Waals surface area contributed by atoms with Crippen molar-refractivity contribution in [3.63, 3.8) is 0 Å². The number of aliphatic carboxylic acids is 1. The van der Waals surface area contributed by atoms with Crippen LogP contribution in [-0.4, -0.2) is 23.0 Å². The summed E-state index contributed by atoms with van der Waals surface area (Å²) in [4.78, 5) is 23.2. The highest BCUT2D eigenvalue weighted by Crippen LogP contribution is 2.16. The maximum atomic E-state index is 12.3. The van der Waals surface area contributed by atoms with Crippen molar-refractivity contribution in [2.45, 2.75) is 12.5 Å². The van der Waals surface area contributed by atoms with Gasteiger partial charge in [0, 0.05) is 16.3 Å². The number of carboxylic acids is 1. The average Bonchev–Trinajstić information content (AvgIpc) is 2.50. The molecule has 114 valence electrons. The molecule has 2 aromatic rings. The molecular weight excluding hydrogens is 304 g/mol. The molecule has 0 aromatic heterocycles. The minimum Gasteiger partial charge on any atom is -0.480 e. The van der Waals surface area contributed by atoms with E-state index in [9.17, 15) is 9.59 Å². The highest BCUT2D eigenvalue weighted by Gasteiger charge is 2.17. The number of carboxylic acid groups (broad SMARTS) is 1. The highest BCUT2D eigenvalue weighted by molar-refractivity contribution is 6.30. The number of carbonyl (C=O) groups excluding carboxylic acids is 1. The molecule has 22 heavy (non-hydrogen) atoms. The third kappa shape index (κ3) is 4.07. The summed E-state index contributed by atoms with van der Waals surface area (Å²) < 4.78 is 0. The first kappa shape index (κ1) is 16.0. The molecule has 1 unspecified atom stereocenters. The van der Waals surface area contributed by atoms with Crippen LogP contribution >= 0.6 is 11.6 Å². The Balaban J connectivity index is 2.19. The third-order valence-electron chi connectivity index (χ3n) is 3.12. The van der Waals surface area contributed by atoms with E-state index >= 15 is 0 Å². The van der Waals surface area contributed by atoms with Crippen LogP contribution in [0.5, 0.6) is 0 Å². The monoisotopic (exact) mass is 318 g/mol. The number of halogens is 1. The van der Waals surface area contributed by atoms with Crippen molar-refractivity contribution in [3.8, 4) is 0 Å². The second-order valence-corrected chi connectivity index (χ2v) is 5.20. The molecule has 2 aromatic carbocycles. The van der Waals surface area contributed by atoms with E-state index < -0.39 is 12.0 Å². The average molecular weight is 319 g/mol. The third-order valence-corrected chi connectivity index (χ3v) is 3.37. The van der Waals surface area contributed by atoms with Crippen LogP contribution in [0.3, 0.4) is 0 Å². The van der Waals surface area contributed by atoms with E-state index in [1.54, 1.807) is 48.5 Å². The summed E-state index contributed by atoms with van der Waals surface area (Å²) >= 11 is 5.80. The molecule has 0 aliphatic heterocycles. The molecular formula is C16H15ClN2O3. The summed E-state index contributed by atoms with van der Waals surface area (Å²) in [6.45, 7) is 0. The summed E-state index contributed by atoms with van der Waals surface area (Å²) in [6.07, 6.45) is 0.0829. The summed E-state index contributed by atoms with van der Waals surface area (Å²) in [5, 5.41) is 12.2. The number of hydrogen-bond donors (Lipinski definition) is 3. The molecule has 1 atom stereocenters. The lowest BCUT2D eigenvalue weighted by Crippen LogP contribution is -2.33. The molecule has 1 amide bonds. The van der Waals surface area contributed by atoms with Gasteiger partial charge in [-0.25, -0.2) is 0 Å². The lowest BCUT2D eigenvalue weighted by atomic mass is 10.00. The smallest absolute Gasteiger partial charge is 0.320 e. The van der Waals surface area contributed by atoms with Crippen LogP contribution in [0.1, 0.15) is 15.9 Å². The molecule has 0 fully saturated rings. The molecule has 0 spiro atoms. The largest absolute Gasteiger partial charge is 0.480 e. The summed E-state index contributed by atoms with van der Waals surface area (Å²) in [7, 11) is 0. The fourth-order valence-corrected chi connectivity index (χ4v) is 2.10. The molecule has 0 bridgehead atoms. The van der Waals surface area contributed by atoms with Crippen molar-refractivity contribution >= 4 is 29.2 Å². The minimum absolute atomic E-state index is 0.0829. The second-order valence-electron chi connectivity index (χ2n) is 4.77. The Morgan fingerprint density at radius 2 is 1.77 bits per heavy atom. The number of nitrogens with one attached hydrogen (secondary N) is 1. The van der Waals surface area contributed by atoms with E-state index in [-0.39, 0.29) is 12.3 Å². The van der Waals surface area contributed by atoms with Crippen molar-refractivity contribution in [1.29, 1.82) is 0 Å². The standard InChI is InChI=1S/C16H15ClN2O3/c17-11-5-7-12(8-6-11)19-15(20)13-4-2-1-3-10(13)9-14(18)16(21)22/h1-8,14H,9,18H2,(H,19,20)(H,21,22). The number of hydrogen-bond acceptors (Lipinski definition) is 3. The van der Waals surface area contributed by atoms with Crippen molar-refractivity contribution < 1.29 is 14.7 Å². The lowest BCUT2D eigenvalue weighted by molar-refractivity contribution is -0.138. The zero-order chi connectivity index (χ0) is 16.1. The molecule has 0 heterocycles. The SMILES string of the molecule is NC(Cc1ccccc1C(=O)Nc1ccc(Cl)cc1)C(=O)O. The van der Waals surface area contributed by atoms with Gasteiger partial charge in [-0.05, 0) is 42.3 Å². The highest BCUT2D eigenvalue weighted by atomic mass is 35.5. The van der Waals surface area contributed by atoms with Gasteiger partial charge in [-0.2, -0.15) is 0 Å². The van der Waals surface area contributed by atoms with Crippen molar-refractivity contribution in [2.24, 2.45) is 5.73 Å². The van der Waals surface area contributed by atoms with Gasteiger partial charge in [0.2, 0.25) is 0 Å². The molecule has 0 saturated heterocycles. The van der Waals surface area contributed by atoms with E-state index in [4.69, 9.17) is 22.4 Å². The maximum absolute atomic E-state index is 12.3. The van der Waals surface area contributed by atoms with E-state index in [0.717, 1.165) is 0 Å². The molecule has 0 aliphatic carbocycles. The van der Waals surface area contributed by atoms with Crippen LogP contribution in [0, 0.1) is 0 Å². The number of carbonyl (C=O) groups is 2. The zero-order valence-corrected chi connectivity index (χ0v) is 12.4. The second kappa shape index (κ2) is 7.06. The molecule has 4 N–H and O–H groups in total. The summed E-state index contributed by atoms with van der Waals surface area (Å²) in [5.74, 6) is -1.43. The molecule has 0 saturated carbocycles. The lowest BCUT2D eigenvalue weighted by Gasteiger charge is -2.12. The Kier molecular flexibility index (Phi) is 5.14. The first-order valence-electron chi connectivity index (χ1n) is 6.60. The number of anilines is 1. The van der Waals surface area contributed by atoms with Gasteiger partial charge < -0.3 is 16.2 Å². The predicted octanol–water partition coefficient (Wildman–Crippen LogP) is 2.55. The first-order chi connectivity index (χ1) is 10.5. The normalized spacial score (nSPS) is 11.7. The van der Waals surface area contributed by atoms with Crippen molar-refractivity contribution in [2.75, 3.05) is 5.32 Å². The van der Waals surface area contributed by atoms with Gasteiger partial charge in [-0.3, -0.25) is 9.59 Å². The molecule has 2 rings (SSSR count). The van der Waals surface area contributed by atoms with Crippen LogP contribution in [0.4, 0.5) is 5.69 Å². The Morgan fingerprint density at radius 3 is 2.41 bits per heavy atom. The molecule has 5 nitrogen and oxygen atoms in total. The molecule has 0 radical (unpaired) electrons. The maximum Gasteiger partial charge on any atom is 0.320 e. The number of amides is 1. The predicted molar refractivity (Wildman–Crippen MR) is 85.2 cm³/mol. The van der Waals surface area contributed by atoms with Gasteiger partial charge in [-0.15, -0.1) is 0 Å². The number of benzene rings is 2. The van der Waals surface area contributed by atoms with E-state index in [2.05, 4.69) is 5.32 Å². The molecule has 0 aliphatic rings. The number of rotatable bonds is 5. The fourth-order valence-electron chi connectivity index (χ4n) is 1.98. The zero-order valence-electron chi connectivity index (χ0n) is 11.6. The number of nitrogens with two attached hydrogens (primary N) is 1. The quantitative estimate of drug-likeness (QED) is 0.790. The van der Waals surface area contributed by atoms with E-state index in [1.165, 1.54) is 0 Å². The van der Waals surface area contributed by atoms with Gasteiger partial charge in [0.05, 0.1) is 0 Å². The fraction of sp³-hybridized carbons (Fsp3) is 0.125. The Morgan fingerprint density at radius 1 is 1.14 bits per heavy atom. The summed E-state index contributed by atoms with van der Waals surface area (Å²) in [6, 6.07) is 12.4. The van der Waals surface area contributed by atoms with E-state index in [1.807, 2.05) is 0 Å². The van der Waals surface area contributed by atoms with Crippen molar-refractivity contribution in [1.82, 2.24) is 0 Å². The van der Waals surface area contributed by atoms with Gasteiger partial charge in [-0.1, -0.05) is 29.8 Å². The Bertz CT molecular complexity index is 686. The van der Waals surface area contributed by atoms with Crippen LogP contribution < -0.4 is 11.1 Å². The van der Waals surface area contributed by atoms with Crippen LogP contribution in [-0.2, 0) is 11.2 Å². The van der Waals surface area contributed by atoms with Gasteiger partial charge in [0.25, 0.3) is 5.91 Å². The van der Waals surface area contributed by atoms with Crippen LogP contribution in [0.25, 0.3) is 0 Å². The van der Waals surface area contributed by atoms with E-state index in [0.29, 0.717) is 21.8 Å². The Hall–Kier alpha value is -2.37. The van der Waals surface area contributed by atoms with Gasteiger partial charge in [0.1, 0.15) is 6.04 Å². The summed E-state index contributed by atoms with van der Waals surface area (Å²) in [5.41, 5.74) is 7.13. The first-order valence-corrected chi connectivity index (χ1v) is 6.98. The topological polar surface area (TPSA) is 92.4 Å². The minimum atomic E-state index is -1.10. The van der Waals surface area contributed by atoms with Crippen LogP contribution in [0.15, 0.2) is 48.5 Å². The molecule has 6 heteroatoms. The van der Waals surface area contributed by atoms with Gasteiger partial charge in [0.15, 0.2) is 0 Å². The van der Waals surface area contributed by atoms with Crippen LogP contribution in [0.2, 0.25) is 5.02 Å².